The van der Waals surface area contributed by atoms with E-state index in [9.17, 15) is 5.11 Å². The summed E-state index contributed by atoms with van der Waals surface area (Å²) in [5.41, 5.74) is 3.64. The highest BCUT2D eigenvalue weighted by Crippen LogP contribution is 2.32. The van der Waals surface area contributed by atoms with Gasteiger partial charge in [-0.2, -0.15) is 0 Å². The number of fused-ring (bicyclic) bond motifs is 1. The van der Waals surface area contributed by atoms with E-state index >= 15 is 0 Å². The average Bonchev–Trinajstić information content (AvgIpc) is 3.31. The first-order valence-electron chi connectivity index (χ1n) is 11.6. The summed E-state index contributed by atoms with van der Waals surface area (Å²) in [6.07, 6.45) is 3.00. The lowest BCUT2D eigenvalue weighted by molar-refractivity contribution is 0.174. The second-order valence-electron chi connectivity index (χ2n) is 8.34. The largest absolute Gasteiger partial charge is 0.454 e. The number of benzene rings is 2. The van der Waals surface area contributed by atoms with E-state index in [4.69, 9.17) is 14.5 Å². The number of hydrogen-bond donors (Lipinski definition) is 3. The van der Waals surface area contributed by atoms with E-state index < -0.39 is 0 Å². The van der Waals surface area contributed by atoms with E-state index in [1.807, 2.05) is 12.1 Å². The molecule has 0 aromatic heterocycles. The van der Waals surface area contributed by atoms with Gasteiger partial charge in [0.05, 0.1) is 6.54 Å². The Morgan fingerprint density at radius 1 is 1.03 bits per heavy atom. The fourth-order valence-electron chi connectivity index (χ4n) is 4.12. The van der Waals surface area contributed by atoms with Crippen LogP contribution < -0.4 is 25.0 Å². The van der Waals surface area contributed by atoms with Crippen molar-refractivity contribution in [1.29, 1.82) is 0 Å². The maximum absolute atomic E-state index is 9.32. The molecule has 2 aliphatic rings. The number of aliphatic imine (C=N–C) groups is 1. The fraction of sp³-hybridized carbons (Fsp3) is 0.480. The molecule has 0 unspecified atom stereocenters. The Bertz CT molecular complexity index is 899. The Labute approximate surface area is 213 Å². The Kier molecular flexibility index (Phi) is 9.93. The van der Waals surface area contributed by atoms with Crippen LogP contribution in [0.15, 0.2) is 47.5 Å². The van der Waals surface area contributed by atoms with Crippen LogP contribution in [0.4, 0.5) is 5.69 Å². The van der Waals surface area contributed by atoms with Crippen LogP contribution in [-0.4, -0.2) is 50.6 Å². The monoisotopic (exact) mass is 566 g/mol. The van der Waals surface area contributed by atoms with Crippen LogP contribution in [0, 0.1) is 5.92 Å². The maximum atomic E-state index is 9.32. The number of nitrogens with one attached hydrogen (secondary N) is 2. The van der Waals surface area contributed by atoms with Gasteiger partial charge in [0, 0.05) is 38.5 Å². The number of guanidine groups is 1. The van der Waals surface area contributed by atoms with Gasteiger partial charge >= 0.3 is 0 Å². The predicted molar refractivity (Wildman–Crippen MR) is 143 cm³/mol. The van der Waals surface area contributed by atoms with Gasteiger partial charge in [0.2, 0.25) is 6.79 Å². The van der Waals surface area contributed by atoms with Gasteiger partial charge in [0.15, 0.2) is 17.5 Å². The Morgan fingerprint density at radius 2 is 1.76 bits per heavy atom. The molecular weight excluding hydrogens is 531 g/mol. The zero-order valence-corrected chi connectivity index (χ0v) is 21.6. The number of rotatable bonds is 8. The molecule has 3 N–H and O–H groups in total. The van der Waals surface area contributed by atoms with E-state index in [2.05, 4.69) is 52.8 Å². The van der Waals surface area contributed by atoms with Crippen molar-refractivity contribution in [2.24, 2.45) is 10.9 Å². The fourth-order valence-corrected chi connectivity index (χ4v) is 4.12. The number of piperidine rings is 1. The van der Waals surface area contributed by atoms with Crippen molar-refractivity contribution in [3.8, 4) is 11.5 Å². The zero-order chi connectivity index (χ0) is 22.2. The summed E-state index contributed by atoms with van der Waals surface area (Å²) in [5, 5.41) is 16.1. The van der Waals surface area contributed by atoms with Crippen LogP contribution >= 0.6 is 24.0 Å². The molecule has 2 aromatic rings. The minimum absolute atomic E-state index is 0. The molecule has 4 rings (SSSR count). The number of halogens is 1. The van der Waals surface area contributed by atoms with E-state index in [1.54, 1.807) is 0 Å². The number of nitrogens with zero attached hydrogens (tertiary/aromatic N) is 2. The summed E-state index contributed by atoms with van der Waals surface area (Å²) >= 11 is 0. The Morgan fingerprint density at radius 3 is 2.48 bits per heavy atom. The van der Waals surface area contributed by atoms with Crippen molar-refractivity contribution in [3.63, 3.8) is 0 Å². The van der Waals surface area contributed by atoms with Crippen molar-refractivity contribution in [1.82, 2.24) is 10.6 Å². The first-order valence-corrected chi connectivity index (χ1v) is 11.6. The summed E-state index contributed by atoms with van der Waals surface area (Å²) in [6.45, 7) is 6.95. The van der Waals surface area contributed by atoms with Crippen molar-refractivity contribution < 1.29 is 14.6 Å². The van der Waals surface area contributed by atoms with Crippen molar-refractivity contribution in [3.05, 3.63) is 53.6 Å². The Hall–Kier alpha value is -2.20. The quantitative estimate of drug-likeness (QED) is 0.258. The van der Waals surface area contributed by atoms with Crippen molar-refractivity contribution in [2.45, 2.75) is 32.7 Å². The van der Waals surface area contributed by atoms with Gasteiger partial charge in [-0.05, 0) is 67.5 Å². The number of anilines is 1. The van der Waals surface area contributed by atoms with Gasteiger partial charge in [0.1, 0.15) is 0 Å². The lowest BCUT2D eigenvalue weighted by Crippen LogP contribution is -2.38. The molecule has 180 valence electrons. The highest BCUT2D eigenvalue weighted by molar-refractivity contribution is 14.0. The highest BCUT2D eigenvalue weighted by atomic mass is 127. The second-order valence-corrected chi connectivity index (χ2v) is 8.34. The van der Waals surface area contributed by atoms with Crippen LogP contribution in [0.3, 0.4) is 0 Å². The van der Waals surface area contributed by atoms with Crippen LogP contribution in [0.5, 0.6) is 11.5 Å². The molecular formula is C25H35IN4O3. The lowest BCUT2D eigenvalue weighted by atomic mass is 9.97. The van der Waals surface area contributed by atoms with Crippen LogP contribution in [0.25, 0.3) is 0 Å². The molecule has 0 atom stereocenters. The standard InChI is InChI=1S/C25H34N4O3.HI/c1-2-26-25(27-12-9-19-5-8-23-24(15-19)32-18-31-23)28-16-20-3-6-22(7-4-20)29-13-10-21(17-30)11-14-29;/h3-8,15,21,30H,2,9-14,16-18H2,1H3,(H2,26,27,28);1H. The number of ether oxygens (including phenoxy) is 2. The number of aliphatic hydroxyl groups excluding tert-OH is 1. The van der Waals surface area contributed by atoms with E-state index in [-0.39, 0.29) is 24.0 Å². The van der Waals surface area contributed by atoms with Crippen LogP contribution in [0.1, 0.15) is 30.9 Å². The van der Waals surface area contributed by atoms with Gasteiger partial charge in [-0.15, -0.1) is 24.0 Å². The van der Waals surface area contributed by atoms with Gasteiger partial charge in [-0.25, -0.2) is 4.99 Å². The molecule has 0 aliphatic carbocycles. The highest BCUT2D eigenvalue weighted by Gasteiger charge is 2.18. The molecule has 0 bridgehead atoms. The molecule has 8 heteroatoms. The normalized spacial score (nSPS) is 15.8. The van der Waals surface area contributed by atoms with Gasteiger partial charge < -0.3 is 30.1 Å². The first-order chi connectivity index (χ1) is 15.7. The maximum Gasteiger partial charge on any atom is 0.231 e. The van der Waals surface area contributed by atoms with Gasteiger partial charge in [0.25, 0.3) is 0 Å². The molecule has 0 saturated carbocycles. The van der Waals surface area contributed by atoms with E-state index in [0.29, 0.717) is 25.9 Å². The molecule has 2 aromatic carbocycles. The van der Waals surface area contributed by atoms with Gasteiger partial charge in [-0.3, -0.25) is 0 Å². The SMILES string of the molecule is CCNC(=NCc1ccc(N2CCC(CO)CC2)cc1)NCCc1ccc2c(c1)OCO2.I. The summed E-state index contributed by atoms with van der Waals surface area (Å²) in [7, 11) is 0. The van der Waals surface area contributed by atoms with Crippen molar-refractivity contribution >= 4 is 35.6 Å². The molecule has 0 radical (unpaired) electrons. The predicted octanol–water partition coefficient (Wildman–Crippen LogP) is 3.54. The van der Waals surface area contributed by atoms with E-state index in [1.165, 1.54) is 16.8 Å². The van der Waals surface area contributed by atoms with E-state index in [0.717, 1.165) is 62.9 Å². The smallest absolute Gasteiger partial charge is 0.231 e. The number of hydrogen-bond acceptors (Lipinski definition) is 5. The minimum atomic E-state index is 0. The molecule has 1 fully saturated rings. The second kappa shape index (κ2) is 12.9. The van der Waals surface area contributed by atoms with Crippen LogP contribution in [-0.2, 0) is 13.0 Å². The first kappa shape index (κ1) is 25.4. The minimum Gasteiger partial charge on any atom is -0.454 e. The molecule has 0 amide bonds. The molecule has 1 saturated heterocycles. The molecule has 0 spiro atoms. The summed E-state index contributed by atoms with van der Waals surface area (Å²) in [6, 6.07) is 14.8. The summed E-state index contributed by atoms with van der Waals surface area (Å²) in [4.78, 5) is 7.15. The van der Waals surface area contributed by atoms with Gasteiger partial charge in [-0.1, -0.05) is 18.2 Å². The summed E-state index contributed by atoms with van der Waals surface area (Å²) < 4.78 is 10.8. The molecule has 2 heterocycles. The third kappa shape index (κ3) is 7.14. The third-order valence-electron chi connectivity index (χ3n) is 6.08. The third-order valence-corrected chi connectivity index (χ3v) is 6.08. The number of aliphatic hydroxyl groups is 1. The van der Waals surface area contributed by atoms with Crippen LogP contribution in [0.2, 0.25) is 0 Å². The lowest BCUT2D eigenvalue weighted by Gasteiger charge is -2.32. The molecule has 7 nitrogen and oxygen atoms in total. The Balaban J connectivity index is 0.00000306. The van der Waals surface area contributed by atoms with Crippen molar-refractivity contribution in [2.75, 3.05) is 44.5 Å². The molecule has 2 aliphatic heterocycles. The summed E-state index contributed by atoms with van der Waals surface area (Å²) in [5.74, 6) is 2.92. The molecule has 33 heavy (non-hydrogen) atoms. The average molecular weight is 566 g/mol. The zero-order valence-electron chi connectivity index (χ0n) is 19.3. The topological polar surface area (TPSA) is 78.4 Å².